The van der Waals surface area contributed by atoms with Gasteiger partial charge in [-0.05, 0) is 95.4 Å². The van der Waals surface area contributed by atoms with E-state index in [2.05, 4.69) is 140 Å². The zero-order valence-corrected chi connectivity index (χ0v) is 25.7. The summed E-state index contributed by atoms with van der Waals surface area (Å²) in [6.45, 7) is 0. The predicted molar refractivity (Wildman–Crippen MR) is 180 cm³/mol. The van der Waals surface area contributed by atoms with Crippen molar-refractivity contribution < 1.29 is 0 Å². The fourth-order valence-electron chi connectivity index (χ4n) is 4.36. The van der Waals surface area contributed by atoms with Gasteiger partial charge in [0.05, 0.1) is 22.7 Å². The summed E-state index contributed by atoms with van der Waals surface area (Å²) in [5.41, 5.74) is 4.79. The van der Waals surface area contributed by atoms with Crippen molar-refractivity contribution in [2.45, 2.75) is 19.6 Å². The quantitative estimate of drug-likeness (QED) is 0.138. The minimum Gasteiger partial charge on any atom is -0.354 e. The first-order valence-electron chi connectivity index (χ1n) is 13.0. The molecule has 0 radical (unpaired) electrons. The zero-order chi connectivity index (χ0) is 27.9. The molecule has 0 spiro atoms. The number of rotatable bonds is 1. The van der Waals surface area contributed by atoms with Gasteiger partial charge in [-0.1, -0.05) is 84.2 Å². The molecule has 6 aromatic rings. The third-order valence-corrected chi connectivity index (χ3v) is 9.12. The Labute approximate surface area is 262 Å². The van der Waals surface area contributed by atoms with Crippen LogP contribution in [0.2, 0.25) is 0 Å². The summed E-state index contributed by atoms with van der Waals surface area (Å²) in [6, 6.07) is 45.5. The van der Waals surface area contributed by atoms with Crippen LogP contribution in [0.15, 0.2) is 165 Å². The lowest BCUT2D eigenvalue weighted by atomic mass is 10.2. The van der Waals surface area contributed by atoms with Gasteiger partial charge in [0.2, 0.25) is 0 Å². The third kappa shape index (κ3) is 6.59. The lowest BCUT2D eigenvalue weighted by Gasteiger charge is -2.31. The van der Waals surface area contributed by atoms with Gasteiger partial charge in [-0.15, -0.1) is 0 Å². The van der Waals surface area contributed by atoms with Crippen molar-refractivity contribution in [1.29, 1.82) is 0 Å². The second kappa shape index (κ2) is 13.2. The van der Waals surface area contributed by atoms with Gasteiger partial charge >= 0.3 is 0 Å². The maximum absolute atomic E-state index is 4.52. The van der Waals surface area contributed by atoms with Crippen LogP contribution in [-0.4, -0.2) is 9.97 Å². The topological polar surface area (TPSA) is 41.1 Å². The van der Waals surface area contributed by atoms with Gasteiger partial charge in [0.25, 0.3) is 0 Å². The van der Waals surface area contributed by atoms with Gasteiger partial charge in [-0.25, -0.2) is 4.98 Å². The monoisotopic (exact) mass is 680 g/mol. The van der Waals surface area contributed by atoms with E-state index in [4.69, 9.17) is 0 Å². The van der Waals surface area contributed by atoms with Crippen LogP contribution in [-0.2, 0) is 0 Å². The molecular formula is C34H25IN4S2. The van der Waals surface area contributed by atoms with E-state index >= 15 is 0 Å². The number of pyridine rings is 2. The van der Waals surface area contributed by atoms with Crippen molar-refractivity contribution in [1.82, 2.24) is 9.97 Å². The van der Waals surface area contributed by atoms with Crippen molar-refractivity contribution in [3.8, 4) is 0 Å². The van der Waals surface area contributed by atoms with Crippen LogP contribution in [0, 0.1) is 3.70 Å². The Hall–Kier alpha value is -3.79. The summed E-state index contributed by atoms with van der Waals surface area (Å²) in [6.07, 6.45) is 3.62. The molecule has 4 heterocycles. The van der Waals surface area contributed by atoms with Crippen LogP contribution in [0.1, 0.15) is 0 Å². The van der Waals surface area contributed by atoms with Crippen LogP contribution in [0.3, 0.4) is 0 Å². The fraction of sp³-hybridized carbons (Fsp3) is 0. The number of aromatic nitrogens is 2. The molecule has 0 aliphatic carbocycles. The second-order valence-electron chi connectivity index (χ2n) is 8.93. The summed E-state index contributed by atoms with van der Waals surface area (Å²) in [5.74, 6) is 0.952. The van der Waals surface area contributed by atoms with Crippen LogP contribution >= 0.6 is 46.1 Å². The maximum Gasteiger partial charge on any atom is 0.137 e. The highest BCUT2D eigenvalue weighted by atomic mass is 127. The highest BCUT2D eigenvalue weighted by Crippen LogP contribution is 2.50. The highest BCUT2D eigenvalue weighted by molar-refractivity contribution is 14.1. The number of anilines is 5. The number of hydrogen-bond acceptors (Lipinski definition) is 6. The molecule has 4 aromatic carbocycles. The first kappa shape index (κ1) is 27.4. The van der Waals surface area contributed by atoms with Crippen molar-refractivity contribution in [3.05, 3.63) is 150 Å². The van der Waals surface area contributed by atoms with Gasteiger partial charge in [0.15, 0.2) is 0 Å². The molecule has 200 valence electrons. The Morgan fingerprint density at radius 1 is 0.488 bits per heavy atom. The molecule has 7 heteroatoms. The summed E-state index contributed by atoms with van der Waals surface area (Å²) in [4.78, 5) is 15.8. The second-order valence-corrected chi connectivity index (χ2v) is 12.2. The van der Waals surface area contributed by atoms with Crippen LogP contribution in [0.5, 0.6) is 0 Å². The van der Waals surface area contributed by atoms with E-state index in [9.17, 15) is 0 Å². The third-order valence-electron chi connectivity index (χ3n) is 6.20. The van der Waals surface area contributed by atoms with Gasteiger partial charge < -0.3 is 5.32 Å². The first-order valence-corrected chi connectivity index (χ1v) is 15.7. The molecule has 2 aliphatic heterocycles. The summed E-state index contributed by atoms with van der Waals surface area (Å²) in [5, 5.41) is 3.42. The summed E-state index contributed by atoms with van der Waals surface area (Å²) < 4.78 is 1.04. The lowest BCUT2D eigenvalue weighted by molar-refractivity contribution is 1.11. The average Bonchev–Trinajstić information content (AvgIpc) is 3.04. The Balaban J connectivity index is 0.000000124. The van der Waals surface area contributed by atoms with Crippen LogP contribution in [0.25, 0.3) is 0 Å². The van der Waals surface area contributed by atoms with Crippen molar-refractivity contribution in [2.24, 2.45) is 0 Å². The minimum atomic E-state index is 0.952. The minimum absolute atomic E-state index is 0.952. The largest absolute Gasteiger partial charge is 0.354 e. The lowest BCUT2D eigenvalue weighted by Crippen LogP contribution is -2.15. The molecule has 1 N–H and O–H groups in total. The van der Waals surface area contributed by atoms with E-state index in [1.165, 1.54) is 42.3 Å². The van der Waals surface area contributed by atoms with E-state index in [0.717, 1.165) is 9.52 Å². The van der Waals surface area contributed by atoms with Crippen molar-refractivity contribution in [2.75, 3.05) is 10.2 Å². The normalized spacial score (nSPS) is 12.0. The van der Waals surface area contributed by atoms with Gasteiger partial charge in [0, 0.05) is 32.0 Å². The van der Waals surface area contributed by atoms with E-state index in [1.807, 2.05) is 66.1 Å². The Bertz CT molecular complexity index is 1620. The van der Waals surface area contributed by atoms with Crippen molar-refractivity contribution in [3.63, 3.8) is 0 Å². The number of nitrogens with one attached hydrogen (secondary N) is 1. The Morgan fingerprint density at radius 2 is 0.951 bits per heavy atom. The molecule has 0 bridgehead atoms. The van der Waals surface area contributed by atoms with E-state index in [1.54, 1.807) is 6.20 Å². The number of nitrogens with zero attached hydrogens (tertiary/aromatic N) is 3. The SMILES string of the molecule is Ic1ccccn1.c1ccc(N2c3ccccc3Sc3ccccc32)nc1.c1ccc2c(c1)Nc1ccccc1S2. The molecule has 0 fully saturated rings. The number of fused-ring (bicyclic) bond motifs is 4. The van der Waals surface area contributed by atoms with Crippen LogP contribution < -0.4 is 10.2 Å². The maximum atomic E-state index is 4.52. The molecule has 0 saturated heterocycles. The number of halogens is 1. The van der Waals surface area contributed by atoms with E-state index in [-0.39, 0.29) is 0 Å². The first-order chi connectivity index (χ1) is 20.3. The number of para-hydroxylation sites is 4. The smallest absolute Gasteiger partial charge is 0.137 e. The molecule has 2 aliphatic rings. The van der Waals surface area contributed by atoms with E-state index in [0.29, 0.717) is 0 Å². The molecular weight excluding hydrogens is 655 g/mol. The molecule has 0 unspecified atom stereocenters. The number of hydrogen-bond donors (Lipinski definition) is 1. The standard InChI is InChI=1S/C17H12N2S.C12H9NS.C5H4IN/c1-3-9-15-13(7-1)19(17-11-5-6-12-18-17)14-8-2-4-10-16(14)20-15;1-3-7-11-9(5-1)13-10-6-2-4-8-12(10)14-11;6-5-3-1-2-4-7-5/h1-12H;1-8,13H;1-4H. The molecule has 2 aromatic heterocycles. The zero-order valence-electron chi connectivity index (χ0n) is 21.9. The Morgan fingerprint density at radius 3 is 1.44 bits per heavy atom. The summed E-state index contributed by atoms with van der Waals surface area (Å²) >= 11 is 5.80. The fourth-order valence-corrected chi connectivity index (χ4v) is 6.78. The number of benzene rings is 4. The molecule has 0 amide bonds. The molecule has 0 saturated carbocycles. The summed E-state index contributed by atoms with van der Waals surface area (Å²) in [7, 11) is 0. The molecule has 4 nitrogen and oxygen atoms in total. The van der Waals surface area contributed by atoms with Crippen molar-refractivity contribution >= 4 is 74.7 Å². The predicted octanol–water partition coefficient (Wildman–Crippen LogP) is 10.6. The van der Waals surface area contributed by atoms with Gasteiger partial charge in [0.1, 0.15) is 9.52 Å². The molecule has 8 rings (SSSR count). The van der Waals surface area contributed by atoms with Gasteiger partial charge in [-0.3, -0.25) is 9.88 Å². The average molecular weight is 681 g/mol. The molecule has 41 heavy (non-hydrogen) atoms. The highest BCUT2D eigenvalue weighted by Gasteiger charge is 2.24. The van der Waals surface area contributed by atoms with Gasteiger partial charge in [-0.2, -0.15) is 0 Å². The van der Waals surface area contributed by atoms with Crippen LogP contribution in [0.4, 0.5) is 28.6 Å². The molecule has 0 atom stereocenters. The van der Waals surface area contributed by atoms with E-state index < -0.39 is 0 Å². The Kier molecular flexibility index (Phi) is 8.85.